The molecule has 1 fully saturated rings. The second-order valence-electron chi connectivity index (χ2n) is 7.59. The fourth-order valence-corrected chi connectivity index (χ4v) is 5.71. The van der Waals surface area contributed by atoms with Crippen LogP contribution in [0.4, 0.5) is 0 Å². The number of rotatable bonds is 6. The number of nitrogens with one attached hydrogen (secondary N) is 1. The number of piperidine rings is 1. The number of hydrogen-bond acceptors (Lipinski definition) is 5. The van der Waals surface area contributed by atoms with E-state index in [2.05, 4.69) is 5.32 Å². The normalized spacial score (nSPS) is 19.2. The molecule has 2 aromatic rings. The Labute approximate surface area is 178 Å². The Bertz CT molecular complexity index is 1100. The van der Waals surface area contributed by atoms with Crippen LogP contribution in [-0.2, 0) is 24.7 Å². The van der Waals surface area contributed by atoms with Crippen molar-refractivity contribution in [2.75, 3.05) is 19.3 Å². The van der Waals surface area contributed by atoms with Crippen LogP contribution in [0.5, 0.6) is 0 Å². The van der Waals surface area contributed by atoms with Gasteiger partial charge in [0.25, 0.3) is 0 Å². The van der Waals surface area contributed by atoms with Gasteiger partial charge in [0.15, 0.2) is 9.84 Å². The number of amides is 1. The van der Waals surface area contributed by atoms with E-state index in [1.165, 1.54) is 16.4 Å². The summed E-state index contributed by atoms with van der Waals surface area (Å²) in [6, 6.07) is 14.3. The number of sulfonamides is 1. The molecule has 2 unspecified atom stereocenters. The SMILES string of the molecule is CC(NC(=O)C1CCCN(S(=O)(=O)c2ccccc2)C1)c1ccc(S(C)(=O)=O)cc1. The highest BCUT2D eigenvalue weighted by molar-refractivity contribution is 7.90. The first kappa shape index (κ1) is 22.5. The molecule has 1 aliphatic heterocycles. The van der Waals surface area contributed by atoms with E-state index in [0.717, 1.165) is 11.8 Å². The van der Waals surface area contributed by atoms with Gasteiger partial charge in [0.2, 0.25) is 15.9 Å². The van der Waals surface area contributed by atoms with Gasteiger partial charge in [-0.25, -0.2) is 16.8 Å². The van der Waals surface area contributed by atoms with E-state index in [1.54, 1.807) is 42.5 Å². The van der Waals surface area contributed by atoms with Crippen LogP contribution in [0.25, 0.3) is 0 Å². The minimum absolute atomic E-state index is 0.142. The Hall–Kier alpha value is -2.23. The van der Waals surface area contributed by atoms with E-state index in [0.29, 0.717) is 19.4 Å². The first-order valence-corrected chi connectivity index (χ1v) is 13.1. The summed E-state index contributed by atoms with van der Waals surface area (Å²) in [6.45, 7) is 2.35. The smallest absolute Gasteiger partial charge is 0.243 e. The Balaban J connectivity index is 1.67. The molecule has 1 amide bonds. The number of sulfone groups is 1. The van der Waals surface area contributed by atoms with Gasteiger partial charge in [0.05, 0.1) is 21.8 Å². The molecule has 162 valence electrons. The molecule has 1 aliphatic rings. The standard InChI is InChI=1S/C21H26N2O5S2/c1-16(17-10-12-19(13-11-17)29(2,25)26)22-21(24)18-7-6-14-23(15-18)30(27,28)20-8-4-3-5-9-20/h3-5,8-13,16,18H,6-7,14-15H2,1-2H3,(H,22,24). The summed E-state index contributed by atoms with van der Waals surface area (Å²) in [4.78, 5) is 13.2. The molecule has 2 aromatic carbocycles. The molecule has 7 nitrogen and oxygen atoms in total. The fraction of sp³-hybridized carbons (Fsp3) is 0.381. The summed E-state index contributed by atoms with van der Waals surface area (Å²) in [5.74, 6) is -0.641. The van der Waals surface area contributed by atoms with Crippen molar-refractivity contribution in [3.05, 3.63) is 60.2 Å². The van der Waals surface area contributed by atoms with Crippen molar-refractivity contribution in [2.24, 2.45) is 5.92 Å². The largest absolute Gasteiger partial charge is 0.349 e. The lowest BCUT2D eigenvalue weighted by Gasteiger charge is -2.32. The average molecular weight is 451 g/mol. The van der Waals surface area contributed by atoms with Crippen LogP contribution in [0.2, 0.25) is 0 Å². The summed E-state index contributed by atoms with van der Waals surface area (Å²) < 4.78 is 50.3. The molecule has 0 spiro atoms. The maximum Gasteiger partial charge on any atom is 0.243 e. The zero-order chi connectivity index (χ0) is 21.9. The van der Waals surface area contributed by atoms with E-state index < -0.39 is 25.8 Å². The minimum atomic E-state index is -3.63. The lowest BCUT2D eigenvalue weighted by atomic mass is 9.98. The van der Waals surface area contributed by atoms with Crippen LogP contribution >= 0.6 is 0 Å². The van der Waals surface area contributed by atoms with E-state index in [1.807, 2.05) is 6.92 Å². The molecule has 1 heterocycles. The molecule has 3 rings (SSSR count). The summed E-state index contributed by atoms with van der Waals surface area (Å²) in [7, 11) is -6.91. The number of hydrogen-bond donors (Lipinski definition) is 1. The zero-order valence-corrected chi connectivity index (χ0v) is 18.6. The van der Waals surface area contributed by atoms with Gasteiger partial charge < -0.3 is 5.32 Å². The van der Waals surface area contributed by atoms with E-state index in [-0.39, 0.29) is 28.3 Å². The minimum Gasteiger partial charge on any atom is -0.349 e. The molecular weight excluding hydrogens is 424 g/mol. The molecule has 2 atom stereocenters. The van der Waals surface area contributed by atoms with Gasteiger partial charge in [-0.2, -0.15) is 4.31 Å². The van der Waals surface area contributed by atoms with E-state index in [4.69, 9.17) is 0 Å². The summed E-state index contributed by atoms with van der Waals surface area (Å²) in [5.41, 5.74) is 0.778. The van der Waals surface area contributed by atoms with Crippen molar-refractivity contribution in [1.82, 2.24) is 9.62 Å². The summed E-state index contributed by atoms with van der Waals surface area (Å²) in [5, 5.41) is 2.93. The average Bonchev–Trinajstić information content (AvgIpc) is 2.74. The zero-order valence-electron chi connectivity index (χ0n) is 17.0. The van der Waals surface area contributed by atoms with Crippen LogP contribution < -0.4 is 5.32 Å². The van der Waals surface area contributed by atoms with Crippen LogP contribution in [-0.4, -0.2) is 46.4 Å². The Morgan fingerprint density at radius 1 is 1.00 bits per heavy atom. The molecular formula is C21H26N2O5S2. The second kappa shape index (κ2) is 8.87. The number of carbonyl (C=O) groups excluding carboxylic acids is 1. The summed E-state index contributed by atoms with van der Waals surface area (Å²) in [6.07, 6.45) is 2.37. The molecule has 0 aromatic heterocycles. The highest BCUT2D eigenvalue weighted by Crippen LogP contribution is 2.25. The van der Waals surface area contributed by atoms with Gasteiger partial charge >= 0.3 is 0 Å². The first-order chi connectivity index (χ1) is 14.1. The lowest BCUT2D eigenvalue weighted by molar-refractivity contribution is -0.126. The highest BCUT2D eigenvalue weighted by Gasteiger charge is 2.33. The topological polar surface area (TPSA) is 101 Å². The van der Waals surface area contributed by atoms with Crippen molar-refractivity contribution in [3.63, 3.8) is 0 Å². The van der Waals surface area contributed by atoms with Crippen molar-refractivity contribution < 1.29 is 21.6 Å². The molecule has 0 saturated carbocycles. The Morgan fingerprint density at radius 2 is 1.63 bits per heavy atom. The van der Waals surface area contributed by atoms with Gasteiger partial charge in [0, 0.05) is 19.3 Å². The molecule has 0 radical (unpaired) electrons. The molecule has 0 aliphatic carbocycles. The molecule has 1 saturated heterocycles. The van der Waals surface area contributed by atoms with Gasteiger partial charge in [0.1, 0.15) is 0 Å². The van der Waals surface area contributed by atoms with Crippen LogP contribution in [0, 0.1) is 5.92 Å². The van der Waals surface area contributed by atoms with Crippen LogP contribution in [0.1, 0.15) is 31.4 Å². The van der Waals surface area contributed by atoms with Crippen LogP contribution in [0.15, 0.2) is 64.4 Å². The quantitative estimate of drug-likeness (QED) is 0.728. The lowest BCUT2D eigenvalue weighted by Crippen LogP contribution is -2.45. The monoisotopic (exact) mass is 450 g/mol. The van der Waals surface area contributed by atoms with E-state index in [9.17, 15) is 21.6 Å². The van der Waals surface area contributed by atoms with E-state index >= 15 is 0 Å². The third-order valence-electron chi connectivity index (χ3n) is 5.30. The molecule has 9 heteroatoms. The second-order valence-corrected chi connectivity index (χ2v) is 11.5. The van der Waals surface area contributed by atoms with Crippen molar-refractivity contribution in [3.8, 4) is 0 Å². The van der Waals surface area contributed by atoms with Gasteiger partial charge in [-0.1, -0.05) is 30.3 Å². The Morgan fingerprint density at radius 3 is 2.23 bits per heavy atom. The maximum absolute atomic E-state index is 12.9. The number of benzene rings is 2. The van der Waals surface area contributed by atoms with Crippen molar-refractivity contribution in [2.45, 2.75) is 35.6 Å². The predicted octanol–water partition coefficient (Wildman–Crippen LogP) is 2.37. The summed E-state index contributed by atoms with van der Waals surface area (Å²) >= 11 is 0. The fourth-order valence-electron chi connectivity index (χ4n) is 3.53. The number of carbonyl (C=O) groups is 1. The maximum atomic E-state index is 12.9. The molecule has 0 bridgehead atoms. The third kappa shape index (κ3) is 5.08. The molecule has 1 N–H and O–H groups in total. The Kier molecular flexibility index (Phi) is 6.64. The van der Waals surface area contributed by atoms with Crippen molar-refractivity contribution in [1.29, 1.82) is 0 Å². The van der Waals surface area contributed by atoms with Gasteiger partial charge in [-0.3, -0.25) is 4.79 Å². The highest BCUT2D eigenvalue weighted by atomic mass is 32.2. The van der Waals surface area contributed by atoms with Crippen molar-refractivity contribution >= 4 is 25.8 Å². The van der Waals surface area contributed by atoms with Gasteiger partial charge in [-0.15, -0.1) is 0 Å². The van der Waals surface area contributed by atoms with Crippen LogP contribution in [0.3, 0.4) is 0 Å². The molecule has 30 heavy (non-hydrogen) atoms. The predicted molar refractivity (Wildman–Crippen MR) is 114 cm³/mol. The first-order valence-electron chi connectivity index (χ1n) is 9.74. The number of nitrogens with zero attached hydrogens (tertiary/aromatic N) is 1. The van der Waals surface area contributed by atoms with Gasteiger partial charge in [-0.05, 0) is 49.6 Å². The third-order valence-corrected chi connectivity index (χ3v) is 8.31.